The third-order valence-electron chi connectivity index (χ3n) is 2.83. The fourth-order valence-electron chi connectivity index (χ4n) is 1.74. The fraction of sp³-hybridized carbons (Fsp3) is 1.00. The molecule has 0 heterocycles. The van der Waals surface area contributed by atoms with Crippen molar-refractivity contribution >= 4 is 0 Å². The highest BCUT2D eigenvalue weighted by Gasteiger charge is 2.26. The summed E-state index contributed by atoms with van der Waals surface area (Å²) in [6, 6.07) is 0.211. The first-order chi connectivity index (χ1) is 5.13. The molecule has 0 aliphatic heterocycles. The molecule has 11 heavy (non-hydrogen) atoms. The molecule has 0 aromatic carbocycles. The van der Waals surface area contributed by atoms with Crippen LogP contribution in [0.5, 0.6) is 0 Å². The summed E-state index contributed by atoms with van der Waals surface area (Å²) in [6.07, 6.45) is 7.37. The van der Waals surface area contributed by atoms with Crippen LogP contribution in [-0.4, -0.2) is 11.6 Å². The van der Waals surface area contributed by atoms with Gasteiger partial charge in [0.15, 0.2) is 0 Å². The lowest BCUT2D eigenvalue weighted by Crippen LogP contribution is -2.53. The Bertz CT molecular complexity index is 121. The zero-order valence-electron chi connectivity index (χ0n) is 7.47. The maximum absolute atomic E-state index is 6.07. The minimum Gasteiger partial charge on any atom is -0.326 e. The molecule has 0 aromatic rings. The molecule has 1 aliphatic rings. The van der Waals surface area contributed by atoms with Crippen LogP contribution in [0.4, 0.5) is 0 Å². The Morgan fingerprint density at radius 1 is 1.18 bits per heavy atom. The molecule has 2 unspecified atom stereocenters. The van der Waals surface area contributed by atoms with Gasteiger partial charge in [-0.1, -0.05) is 25.7 Å². The molecule has 0 amide bonds. The summed E-state index contributed by atoms with van der Waals surface area (Å²) in [5.41, 5.74) is 11.9. The van der Waals surface area contributed by atoms with Crippen molar-refractivity contribution < 1.29 is 0 Å². The van der Waals surface area contributed by atoms with Crippen LogP contribution in [0.15, 0.2) is 0 Å². The lowest BCUT2D eigenvalue weighted by Gasteiger charge is -2.33. The molecule has 2 nitrogen and oxygen atoms in total. The first kappa shape index (κ1) is 9.01. The van der Waals surface area contributed by atoms with Gasteiger partial charge in [0, 0.05) is 11.6 Å². The van der Waals surface area contributed by atoms with Crippen LogP contribution in [0.3, 0.4) is 0 Å². The first-order valence-corrected chi connectivity index (χ1v) is 4.67. The molecule has 0 spiro atoms. The Morgan fingerprint density at radius 2 is 1.82 bits per heavy atom. The minimum absolute atomic E-state index is 0.111. The van der Waals surface area contributed by atoms with E-state index in [4.69, 9.17) is 11.5 Å². The van der Waals surface area contributed by atoms with Gasteiger partial charge in [-0.05, 0) is 19.8 Å². The Kier molecular flexibility index (Phi) is 2.90. The van der Waals surface area contributed by atoms with Gasteiger partial charge in [-0.3, -0.25) is 0 Å². The average Bonchev–Trinajstić information content (AvgIpc) is 1.93. The van der Waals surface area contributed by atoms with Gasteiger partial charge in [0.05, 0.1) is 0 Å². The molecule has 1 rings (SSSR count). The molecule has 2 atom stereocenters. The van der Waals surface area contributed by atoms with Crippen molar-refractivity contribution in [3.05, 3.63) is 0 Å². The third-order valence-corrected chi connectivity index (χ3v) is 2.83. The highest BCUT2D eigenvalue weighted by molar-refractivity contribution is 4.90. The van der Waals surface area contributed by atoms with E-state index in [1.165, 1.54) is 25.7 Å². The molecule has 0 saturated heterocycles. The average molecular weight is 156 g/mol. The Balaban J connectivity index is 2.47. The number of hydrogen-bond acceptors (Lipinski definition) is 2. The second-order valence-electron chi connectivity index (χ2n) is 4.07. The molecule has 1 saturated carbocycles. The maximum Gasteiger partial charge on any atom is 0.0279 e. The number of rotatable bonds is 0. The van der Waals surface area contributed by atoms with Gasteiger partial charge in [0.25, 0.3) is 0 Å². The van der Waals surface area contributed by atoms with E-state index in [1.54, 1.807) is 0 Å². The van der Waals surface area contributed by atoms with Gasteiger partial charge in [-0.15, -0.1) is 0 Å². The summed E-state index contributed by atoms with van der Waals surface area (Å²) >= 11 is 0. The van der Waals surface area contributed by atoms with Gasteiger partial charge in [0.1, 0.15) is 0 Å². The van der Waals surface area contributed by atoms with E-state index in [1.807, 2.05) is 0 Å². The normalized spacial score (nSPS) is 41.2. The number of hydrogen-bond donors (Lipinski definition) is 2. The van der Waals surface area contributed by atoms with Gasteiger partial charge in [-0.25, -0.2) is 0 Å². The summed E-state index contributed by atoms with van der Waals surface area (Å²) in [7, 11) is 0. The van der Waals surface area contributed by atoms with E-state index in [2.05, 4.69) is 6.92 Å². The fourth-order valence-corrected chi connectivity index (χ4v) is 1.74. The van der Waals surface area contributed by atoms with Gasteiger partial charge >= 0.3 is 0 Å². The second-order valence-corrected chi connectivity index (χ2v) is 4.07. The number of nitrogens with two attached hydrogens (primary N) is 2. The van der Waals surface area contributed by atoms with Crippen LogP contribution in [0.25, 0.3) is 0 Å². The highest BCUT2D eigenvalue weighted by Crippen LogP contribution is 2.22. The van der Waals surface area contributed by atoms with Crippen molar-refractivity contribution in [2.45, 2.75) is 57.0 Å². The predicted octanol–water partition coefficient (Wildman–Crippen LogP) is 1.39. The quantitative estimate of drug-likeness (QED) is 0.557. The lowest BCUT2D eigenvalue weighted by atomic mass is 9.83. The van der Waals surface area contributed by atoms with Crippen molar-refractivity contribution in [1.82, 2.24) is 0 Å². The minimum atomic E-state index is -0.111. The van der Waals surface area contributed by atoms with Gasteiger partial charge in [0.2, 0.25) is 0 Å². The van der Waals surface area contributed by atoms with Crippen molar-refractivity contribution in [3.63, 3.8) is 0 Å². The van der Waals surface area contributed by atoms with Crippen LogP contribution in [0.2, 0.25) is 0 Å². The summed E-state index contributed by atoms with van der Waals surface area (Å²) in [5.74, 6) is 0. The molecule has 1 aliphatic carbocycles. The Labute approximate surface area is 69.3 Å². The molecular formula is C9H20N2. The predicted molar refractivity (Wildman–Crippen MR) is 48.3 cm³/mol. The summed E-state index contributed by atoms with van der Waals surface area (Å²) in [4.78, 5) is 0. The van der Waals surface area contributed by atoms with Crippen LogP contribution in [0.1, 0.15) is 45.4 Å². The van der Waals surface area contributed by atoms with Crippen molar-refractivity contribution in [2.24, 2.45) is 11.5 Å². The van der Waals surface area contributed by atoms with Gasteiger partial charge in [-0.2, -0.15) is 0 Å². The zero-order valence-corrected chi connectivity index (χ0v) is 7.47. The van der Waals surface area contributed by atoms with E-state index in [9.17, 15) is 0 Å². The Morgan fingerprint density at radius 3 is 2.55 bits per heavy atom. The third kappa shape index (κ3) is 2.46. The molecule has 0 bridgehead atoms. The molecule has 1 fully saturated rings. The summed E-state index contributed by atoms with van der Waals surface area (Å²) in [5, 5.41) is 0. The molecule has 4 N–H and O–H groups in total. The molecular weight excluding hydrogens is 136 g/mol. The smallest absolute Gasteiger partial charge is 0.0279 e. The summed E-state index contributed by atoms with van der Waals surface area (Å²) in [6.45, 7) is 2.09. The van der Waals surface area contributed by atoms with E-state index >= 15 is 0 Å². The topological polar surface area (TPSA) is 52.0 Å². The standard InChI is InChI=1S/C9H20N2/c1-9(11)7-5-3-2-4-6-8(9)10/h8H,2-7,10-11H2,1H3. The summed E-state index contributed by atoms with van der Waals surface area (Å²) < 4.78 is 0. The SMILES string of the molecule is CC1(N)CCCCCCC1N. The van der Waals surface area contributed by atoms with Crippen LogP contribution in [0, 0.1) is 0 Å². The molecule has 0 radical (unpaired) electrons. The molecule has 2 heteroatoms. The van der Waals surface area contributed by atoms with Crippen LogP contribution >= 0.6 is 0 Å². The van der Waals surface area contributed by atoms with Crippen molar-refractivity contribution in [3.8, 4) is 0 Å². The maximum atomic E-state index is 6.07. The van der Waals surface area contributed by atoms with E-state index < -0.39 is 0 Å². The van der Waals surface area contributed by atoms with E-state index in [-0.39, 0.29) is 11.6 Å². The highest BCUT2D eigenvalue weighted by atomic mass is 14.8. The van der Waals surface area contributed by atoms with E-state index in [0.717, 1.165) is 12.8 Å². The Hall–Kier alpha value is -0.0800. The first-order valence-electron chi connectivity index (χ1n) is 4.67. The second kappa shape index (κ2) is 3.55. The van der Waals surface area contributed by atoms with Gasteiger partial charge < -0.3 is 11.5 Å². The van der Waals surface area contributed by atoms with Crippen molar-refractivity contribution in [2.75, 3.05) is 0 Å². The van der Waals surface area contributed by atoms with E-state index in [0.29, 0.717) is 0 Å². The molecule has 66 valence electrons. The monoisotopic (exact) mass is 156 g/mol. The lowest BCUT2D eigenvalue weighted by molar-refractivity contribution is 0.298. The zero-order chi connectivity index (χ0) is 8.32. The van der Waals surface area contributed by atoms with Crippen LogP contribution in [-0.2, 0) is 0 Å². The largest absolute Gasteiger partial charge is 0.326 e. The van der Waals surface area contributed by atoms with Crippen molar-refractivity contribution in [1.29, 1.82) is 0 Å². The molecule has 0 aromatic heterocycles. The van der Waals surface area contributed by atoms with Crippen LogP contribution < -0.4 is 11.5 Å².